The number of hydrogen-bond donors (Lipinski definition) is 0. The van der Waals surface area contributed by atoms with Crippen molar-refractivity contribution < 1.29 is 9.30 Å². The maximum absolute atomic E-state index is 6.79. The Hall–Kier alpha value is -3.07. The van der Waals surface area contributed by atoms with Crippen molar-refractivity contribution in [1.82, 2.24) is 0 Å². The van der Waals surface area contributed by atoms with Crippen LogP contribution in [0.1, 0.15) is 31.9 Å². The Bertz CT molecular complexity index is 1360. The zero-order chi connectivity index (χ0) is 22.1. The average molecular weight is 412 g/mol. The van der Waals surface area contributed by atoms with Crippen LogP contribution in [0.15, 0.2) is 48.7 Å². The maximum atomic E-state index is 6.79. The molecule has 0 bridgehead atoms. The highest BCUT2D eigenvalue weighted by Gasteiger charge is 2.33. The summed E-state index contributed by atoms with van der Waals surface area (Å²) in [6, 6.07) is 15.5. The first-order valence-electron chi connectivity index (χ1n) is 11.0. The lowest BCUT2D eigenvalue weighted by Crippen LogP contribution is -2.32. The molecular formula is C28H31N2O+. The van der Waals surface area contributed by atoms with Crippen molar-refractivity contribution in [3.8, 4) is 22.8 Å². The van der Waals surface area contributed by atoms with E-state index in [1.54, 1.807) is 0 Å². The van der Waals surface area contributed by atoms with Crippen LogP contribution in [-0.2, 0) is 13.5 Å². The minimum absolute atomic E-state index is 0.219. The van der Waals surface area contributed by atoms with Crippen molar-refractivity contribution in [3.05, 3.63) is 59.8 Å². The molecule has 0 fully saturated rings. The Balaban J connectivity index is 1.91. The van der Waals surface area contributed by atoms with Gasteiger partial charge in [0, 0.05) is 25.5 Å². The van der Waals surface area contributed by atoms with Gasteiger partial charge in [0.1, 0.15) is 12.8 Å². The first kappa shape index (κ1) is 19.9. The van der Waals surface area contributed by atoms with Gasteiger partial charge in [-0.3, -0.25) is 0 Å². The molecule has 0 spiro atoms. The Morgan fingerprint density at radius 2 is 1.71 bits per heavy atom. The van der Waals surface area contributed by atoms with Crippen molar-refractivity contribution in [2.24, 2.45) is 12.5 Å². The van der Waals surface area contributed by atoms with Crippen molar-refractivity contribution in [2.45, 2.75) is 34.1 Å². The summed E-state index contributed by atoms with van der Waals surface area (Å²) < 4.78 is 9.03. The van der Waals surface area contributed by atoms with Crippen LogP contribution >= 0.6 is 0 Å². The van der Waals surface area contributed by atoms with E-state index in [4.69, 9.17) is 4.74 Å². The molecule has 0 amide bonds. The molecule has 0 aliphatic carbocycles. The summed E-state index contributed by atoms with van der Waals surface area (Å²) in [5.41, 5.74) is 6.39. The molecule has 2 heterocycles. The summed E-state index contributed by atoms with van der Waals surface area (Å²) in [5.74, 6) is 1.93. The summed E-state index contributed by atoms with van der Waals surface area (Å²) in [6.45, 7) is 9.08. The highest BCUT2D eigenvalue weighted by molar-refractivity contribution is 6.10. The van der Waals surface area contributed by atoms with Gasteiger partial charge >= 0.3 is 0 Å². The predicted octanol–water partition coefficient (Wildman–Crippen LogP) is 6.55. The average Bonchev–Trinajstić information content (AvgIpc) is 2.68. The van der Waals surface area contributed by atoms with Gasteiger partial charge < -0.3 is 9.64 Å². The summed E-state index contributed by atoms with van der Waals surface area (Å²) >= 11 is 0. The lowest BCUT2D eigenvalue weighted by atomic mass is 9.86. The van der Waals surface area contributed by atoms with Crippen molar-refractivity contribution >= 4 is 27.2 Å². The van der Waals surface area contributed by atoms with E-state index >= 15 is 0 Å². The number of aromatic nitrogens is 1. The Morgan fingerprint density at radius 3 is 2.39 bits per heavy atom. The molecule has 1 aliphatic rings. The monoisotopic (exact) mass is 411 g/mol. The van der Waals surface area contributed by atoms with Crippen molar-refractivity contribution in [3.63, 3.8) is 0 Å². The van der Waals surface area contributed by atoms with E-state index in [0.717, 1.165) is 23.6 Å². The van der Waals surface area contributed by atoms with Gasteiger partial charge in [0.2, 0.25) is 5.69 Å². The van der Waals surface area contributed by atoms with Crippen LogP contribution in [-0.4, -0.2) is 14.1 Å². The topological polar surface area (TPSA) is 16.4 Å². The van der Waals surface area contributed by atoms with Gasteiger partial charge in [0.05, 0.1) is 16.6 Å². The van der Waals surface area contributed by atoms with Gasteiger partial charge in [0.25, 0.3) is 0 Å². The van der Waals surface area contributed by atoms with Crippen LogP contribution in [0.4, 0.5) is 5.69 Å². The zero-order valence-electron chi connectivity index (χ0n) is 19.6. The number of rotatable bonds is 2. The first-order chi connectivity index (χ1) is 14.7. The smallest absolute Gasteiger partial charge is 0.228 e. The fourth-order valence-corrected chi connectivity index (χ4v) is 5.12. The molecular weight excluding hydrogens is 380 g/mol. The number of anilines is 1. The SMILES string of the molecule is Cc1c2c(c(N(C)C)c3ccccc13)Oc1cc(CC(C)(C)C)cc3cc[n+](C)c-2c13. The van der Waals surface area contributed by atoms with Gasteiger partial charge in [-0.2, -0.15) is 0 Å². The number of fused-ring (bicyclic) bond motifs is 3. The van der Waals surface area contributed by atoms with E-state index < -0.39 is 0 Å². The fourth-order valence-electron chi connectivity index (χ4n) is 5.12. The molecule has 158 valence electrons. The number of benzene rings is 3. The summed E-state index contributed by atoms with van der Waals surface area (Å²) in [6.07, 6.45) is 3.20. The second kappa shape index (κ2) is 6.71. The fraction of sp³-hybridized carbons (Fsp3) is 0.321. The minimum atomic E-state index is 0.219. The third-order valence-corrected chi connectivity index (χ3v) is 6.29. The summed E-state index contributed by atoms with van der Waals surface area (Å²) in [7, 11) is 6.35. The molecule has 31 heavy (non-hydrogen) atoms. The van der Waals surface area contributed by atoms with Gasteiger partial charge in [-0.25, -0.2) is 4.57 Å². The van der Waals surface area contributed by atoms with E-state index in [1.165, 1.54) is 43.9 Å². The predicted molar refractivity (Wildman–Crippen MR) is 130 cm³/mol. The van der Waals surface area contributed by atoms with E-state index in [-0.39, 0.29) is 5.41 Å². The van der Waals surface area contributed by atoms with E-state index in [9.17, 15) is 0 Å². The number of pyridine rings is 1. The lowest BCUT2D eigenvalue weighted by molar-refractivity contribution is -0.659. The van der Waals surface area contributed by atoms with Gasteiger partial charge in [-0.15, -0.1) is 0 Å². The second-order valence-electron chi connectivity index (χ2n) is 10.3. The van der Waals surface area contributed by atoms with Crippen LogP contribution in [0.2, 0.25) is 0 Å². The third-order valence-electron chi connectivity index (χ3n) is 6.29. The largest absolute Gasteiger partial charge is 0.453 e. The van der Waals surface area contributed by atoms with E-state index in [2.05, 4.69) is 107 Å². The first-order valence-corrected chi connectivity index (χ1v) is 11.0. The molecule has 4 aromatic rings. The molecule has 1 aromatic heterocycles. The van der Waals surface area contributed by atoms with Gasteiger partial charge in [0.15, 0.2) is 11.9 Å². The second-order valence-corrected chi connectivity index (χ2v) is 10.3. The summed E-state index contributed by atoms with van der Waals surface area (Å²) in [5, 5.41) is 4.96. The maximum Gasteiger partial charge on any atom is 0.228 e. The van der Waals surface area contributed by atoms with E-state index in [1.807, 2.05) is 0 Å². The highest BCUT2D eigenvalue weighted by Crippen LogP contribution is 2.53. The Kier molecular flexibility index (Phi) is 4.30. The van der Waals surface area contributed by atoms with Crippen LogP contribution in [0.25, 0.3) is 32.8 Å². The number of aryl methyl sites for hydroxylation is 2. The van der Waals surface area contributed by atoms with Crippen LogP contribution in [0.5, 0.6) is 11.5 Å². The van der Waals surface area contributed by atoms with Gasteiger partial charge in [-0.1, -0.05) is 51.1 Å². The molecule has 3 aromatic carbocycles. The van der Waals surface area contributed by atoms with Crippen LogP contribution in [0.3, 0.4) is 0 Å². The quantitative estimate of drug-likeness (QED) is 0.306. The zero-order valence-corrected chi connectivity index (χ0v) is 19.6. The van der Waals surface area contributed by atoms with Crippen molar-refractivity contribution in [2.75, 3.05) is 19.0 Å². The van der Waals surface area contributed by atoms with Crippen LogP contribution in [0, 0.1) is 12.3 Å². The Labute approximate surface area is 184 Å². The molecule has 1 aliphatic heterocycles. The molecule has 5 rings (SSSR count). The standard InChI is InChI=1S/C28H31N2O/c1-17-20-10-8-9-11-21(20)25(29(5)6)27-23(17)26-24-19(12-13-30(26)7)14-18(15-22(24)31-27)16-28(2,3)4/h8-15H,16H2,1-7H3/q+1. The third kappa shape index (κ3) is 3.06. The molecule has 0 radical (unpaired) electrons. The molecule has 0 N–H and O–H groups in total. The molecule has 0 saturated carbocycles. The highest BCUT2D eigenvalue weighted by atomic mass is 16.5. The number of nitrogens with zero attached hydrogens (tertiary/aromatic N) is 2. The lowest BCUT2D eigenvalue weighted by Gasteiger charge is -2.28. The molecule has 3 nitrogen and oxygen atoms in total. The van der Waals surface area contributed by atoms with Crippen molar-refractivity contribution in [1.29, 1.82) is 0 Å². The number of ether oxygens (including phenoxy) is 1. The van der Waals surface area contributed by atoms with E-state index in [0.29, 0.717) is 0 Å². The molecule has 0 atom stereocenters. The molecule has 0 saturated heterocycles. The Morgan fingerprint density at radius 1 is 1.00 bits per heavy atom. The summed E-state index contributed by atoms with van der Waals surface area (Å²) in [4.78, 5) is 2.19. The number of hydrogen-bond acceptors (Lipinski definition) is 2. The minimum Gasteiger partial charge on any atom is -0.453 e. The van der Waals surface area contributed by atoms with Gasteiger partial charge in [-0.05, 0) is 46.7 Å². The molecule has 0 unspecified atom stereocenters. The molecule has 3 heteroatoms. The van der Waals surface area contributed by atoms with Crippen LogP contribution < -0.4 is 14.2 Å². The normalized spacial score (nSPS) is 12.7.